The molecular formula is C12H10N4. The zero-order valence-electron chi connectivity index (χ0n) is 8.81. The molecule has 0 amide bonds. The highest BCUT2D eigenvalue weighted by atomic mass is 15.1. The molecule has 0 spiro atoms. The maximum Gasteiger partial charge on any atom is 0.236 e. The van der Waals surface area contributed by atoms with Crippen LogP contribution in [0, 0.1) is 18.4 Å². The molecule has 78 valence electrons. The van der Waals surface area contributed by atoms with Crippen LogP contribution in [0.5, 0.6) is 0 Å². The molecule has 4 heteroatoms. The van der Waals surface area contributed by atoms with Gasteiger partial charge in [-0.05, 0) is 13.0 Å². The molecule has 0 unspecified atom stereocenters. The SMILES string of the molecule is Cc1cc(-c2ccccc2)nc(NC#N)n1. The Hall–Kier alpha value is -2.41. The summed E-state index contributed by atoms with van der Waals surface area (Å²) >= 11 is 0. The van der Waals surface area contributed by atoms with Gasteiger partial charge in [0.15, 0.2) is 6.19 Å². The van der Waals surface area contributed by atoms with E-state index in [0.717, 1.165) is 17.0 Å². The molecule has 0 saturated carbocycles. The van der Waals surface area contributed by atoms with Gasteiger partial charge in [-0.15, -0.1) is 0 Å². The van der Waals surface area contributed by atoms with E-state index in [4.69, 9.17) is 5.26 Å². The molecule has 1 heterocycles. The zero-order valence-corrected chi connectivity index (χ0v) is 8.81. The molecule has 0 atom stereocenters. The van der Waals surface area contributed by atoms with Crippen LogP contribution in [-0.2, 0) is 0 Å². The van der Waals surface area contributed by atoms with Gasteiger partial charge in [-0.3, -0.25) is 5.32 Å². The molecule has 0 aliphatic carbocycles. The topological polar surface area (TPSA) is 61.6 Å². The summed E-state index contributed by atoms with van der Waals surface area (Å²) in [5.74, 6) is 0.335. The van der Waals surface area contributed by atoms with Gasteiger partial charge in [0, 0.05) is 11.3 Å². The van der Waals surface area contributed by atoms with Gasteiger partial charge in [0.1, 0.15) is 0 Å². The lowest BCUT2D eigenvalue weighted by atomic mass is 10.1. The Morgan fingerprint density at radius 3 is 2.62 bits per heavy atom. The quantitative estimate of drug-likeness (QED) is 0.610. The van der Waals surface area contributed by atoms with Crippen LogP contribution in [0.3, 0.4) is 0 Å². The Kier molecular flexibility index (Phi) is 2.79. The zero-order chi connectivity index (χ0) is 11.4. The molecule has 2 rings (SSSR count). The van der Waals surface area contributed by atoms with Crippen molar-refractivity contribution in [3.63, 3.8) is 0 Å². The fourth-order valence-corrected chi connectivity index (χ4v) is 1.43. The monoisotopic (exact) mass is 210 g/mol. The predicted molar refractivity (Wildman–Crippen MR) is 61.4 cm³/mol. The van der Waals surface area contributed by atoms with Crippen molar-refractivity contribution in [2.45, 2.75) is 6.92 Å². The normalized spacial score (nSPS) is 9.50. The molecule has 1 aromatic heterocycles. The van der Waals surface area contributed by atoms with Gasteiger partial charge < -0.3 is 0 Å². The van der Waals surface area contributed by atoms with Crippen molar-refractivity contribution in [3.8, 4) is 17.5 Å². The van der Waals surface area contributed by atoms with Crippen molar-refractivity contribution in [2.75, 3.05) is 5.32 Å². The van der Waals surface area contributed by atoms with Crippen molar-refractivity contribution in [1.29, 1.82) is 5.26 Å². The second-order valence-electron chi connectivity index (χ2n) is 3.32. The van der Waals surface area contributed by atoms with E-state index < -0.39 is 0 Å². The molecule has 1 aromatic carbocycles. The summed E-state index contributed by atoms with van der Waals surface area (Å²) in [6, 6.07) is 11.7. The van der Waals surface area contributed by atoms with Gasteiger partial charge in [0.25, 0.3) is 0 Å². The van der Waals surface area contributed by atoms with Crippen LogP contribution in [0.1, 0.15) is 5.69 Å². The van der Waals surface area contributed by atoms with Crippen molar-refractivity contribution in [2.24, 2.45) is 0 Å². The average Bonchev–Trinajstić information content (AvgIpc) is 2.30. The van der Waals surface area contributed by atoms with Gasteiger partial charge in [-0.25, -0.2) is 9.97 Å². The van der Waals surface area contributed by atoms with Crippen LogP contribution in [-0.4, -0.2) is 9.97 Å². The Morgan fingerprint density at radius 1 is 1.19 bits per heavy atom. The minimum Gasteiger partial charge on any atom is -0.261 e. The Morgan fingerprint density at radius 2 is 1.94 bits per heavy atom. The Bertz CT molecular complexity index is 528. The number of rotatable bonds is 2. The van der Waals surface area contributed by atoms with Crippen LogP contribution in [0.2, 0.25) is 0 Å². The Labute approximate surface area is 93.6 Å². The van der Waals surface area contributed by atoms with E-state index in [1.54, 1.807) is 0 Å². The van der Waals surface area contributed by atoms with E-state index in [0.29, 0.717) is 5.95 Å². The van der Waals surface area contributed by atoms with Crippen molar-refractivity contribution in [1.82, 2.24) is 9.97 Å². The number of nitrogens with zero attached hydrogens (tertiary/aromatic N) is 3. The number of nitrogens with one attached hydrogen (secondary N) is 1. The fourth-order valence-electron chi connectivity index (χ4n) is 1.43. The maximum absolute atomic E-state index is 8.53. The molecule has 0 radical (unpaired) electrons. The van der Waals surface area contributed by atoms with Crippen LogP contribution in [0.4, 0.5) is 5.95 Å². The number of benzene rings is 1. The van der Waals surface area contributed by atoms with E-state index in [1.165, 1.54) is 0 Å². The summed E-state index contributed by atoms with van der Waals surface area (Å²) in [5, 5.41) is 11.0. The summed E-state index contributed by atoms with van der Waals surface area (Å²) < 4.78 is 0. The summed E-state index contributed by atoms with van der Waals surface area (Å²) in [6.07, 6.45) is 1.81. The molecule has 0 saturated heterocycles. The molecule has 0 aliphatic rings. The highest BCUT2D eigenvalue weighted by Crippen LogP contribution is 2.18. The first kappa shape index (κ1) is 10.1. The van der Waals surface area contributed by atoms with Crippen molar-refractivity contribution >= 4 is 5.95 Å². The molecule has 1 N–H and O–H groups in total. The first-order valence-electron chi connectivity index (χ1n) is 4.86. The molecule has 2 aromatic rings. The molecule has 0 bridgehead atoms. The lowest BCUT2D eigenvalue weighted by molar-refractivity contribution is 1.11. The first-order chi connectivity index (χ1) is 7.79. The first-order valence-corrected chi connectivity index (χ1v) is 4.86. The summed E-state index contributed by atoms with van der Waals surface area (Å²) in [6.45, 7) is 1.87. The summed E-state index contributed by atoms with van der Waals surface area (Å²) in [7, 11) is 0. The van der Waals surface area contributed by atoms with E-state index in [9.17, 15) is 0 Å². The molecule has 16 heavy (non-hydrogen) atoms. The lowest BCUT2D eigenvalue weighted by Crippen LogP contribution is -1.98. The smallest absolute Gasteiger partial charge is 0.236 e. The molecular weight excluding hydrogens is 200 g/mol. The van der Waals surface area contributed by atoms with Crippen LogP contribution in [0.15, 0.2) is 36.4 Å². The van der Waals surface area contributed by atoms with Crippen molar-refractivity contribution < 1.29 is 0 Å². The molecule has 0 fully saturated rings. The van der Waals surface area contributed by atoms with Crippen LogP contribution >= 0.6 is 0 Å². The minimum absolute atomic E-state index is 0.335. The molecule has 4 nitrogen and oxygen atoms in total. The van der Waals surface area contributed by atoms with Gasteiger partial charge >= 0.3 is 0 Å². The lowest BCUT2D eigenvalue weighted by Gasteiger charge is -2.04. The summed E-state index contributed by atoms with van der Waals surface area (Å²) in [5.41, 5.74) is 2.64. The predicted octanol–water partition coefficient (Wildman–Crippen LogP) is 2.34. The van der Waals surface area contributed by atoms with Gasteiger partial charge in [0.2, 0.25) is 5.95 Å². The number of hydrogen-bond acceptors (Lipinski definition) is 4. The van der Waals surface area contributed by atoms with Gasteiger partial charge in [0.05, 0.1) is 5.69 Å². The molecule has 0 aliphatic heterocycles. The maximum atomic E-state index is 8.53. The highest BCUT2D eigenvalue weighted by molar-refractivity contribution is 5.60. The third-order valence-corrected chi connectivity index (χ3v) is 2.09. The van der Waals surface area contributed by atoms with E-state index in [-0.39, 0.29) is 0 Å². The second-order valence-corrected chi connectivity index (χ2v) is 3.32. The minimum atomic E-state index is 0.335. The largest absolute Gasteiger partial charge is 0.261 e. The number of anilines is 1. The number of nitriles is 1. The van der Waals surface area contributed by atoms with E-state index in [1.807, 2.05) is 49.5 Å². The summed E-state index contributed by atoms with van der Waals surface area (Å²) in [4.78, 5) is 8.35. The third kappa shape index (κ3) is 2.15. The van der Waals surface area contributed by atoms with E-state index in [2.05, 4.69) is 15.3 Å². The second kappa shape index (κ2) is 4.41. The highest BCUT2D eigenvalue weighted by Gasteiger charge is 2.03. The Balaban J connectivity index is 2.46. The van der Waals surface area contributed by atoms with Crippen molar-refractivity contribution in [3.05, 3.63) is 42.1 Å². The van der Waals surface area contributed by atoms with E-state index >= 15 is 0 Å². The number of aromatic nitrogens is 2. The average molecular weight is 210 g/mol. The van der Waals surface area contributed by atoms with Crippen LogP contribution in [0.25, 0.3) is 11.3 Å². The van der Waals surface area contributed by atoms with Crippen LogP contribution < -0.4 is 5.32 Å². The van der Waals surface area contributed by atoms with Gasteiger partial charge in [-0.1, -0.05) is 30.3 Å². The standard InChI is InChI=1S/C12H10N4/c1-9-7-11(10-5-3-2-4-6-10)16-12(15-9)14-8-13/h2-7H,1H3,(H,14,15,16). The number of hydrogen-bond donors (Lipinski definition) is 1. The third-order valence-electron chi connectivity index (χ3n) is 2.09. The van der Waals surface area contributed by atoms with Gasteiger partial charge in [-0.2, -0.15) is 5.26 Å². The fraction of sp³-hybridized carbons (Fsp3) is 0.0833. The number of aryl methyl sites for hydroxylation is 1.